The summed E-state index contributed by atoms with van der Waals surface area (Å²) in [6, 6.07) is 9.33. The number of nitrogens with zero attached hydrogens (tertiary/aromatic N) is 1. The van der Waals surface area contributed by atoms with Gasteiger partial charge in [0.15, 0.2) is 0 Å². The molecular formula is C16H28Cl2N4O2. The Morgan fingerprint density at radius 2 is 1.71 bits per heavy atom. The molecule has 0 spiro atoms. The molecule has 0 saturated carbocycles. The number of likely N-dealkylation sites (N-methyl/N-ethyl adjacent to an activating group) is 1. The summed E-state index contributed by atoms with van der Waals surface area (Å²) >= 11 is 0. The number of halogens is 2. The van der Waals surface area contributed by atoms with Crippen LogP contribution in [0.2, 0.25) is 0 Å². The third-order valence-corrected chi connectivity index (χ3v) is 3.41. The molecule has 0 heterocycles. The van der Waals surface area contributed by atoms with Crippen LogP contribution in [0, 0.1) is 5.92 Å². The average molecular weight is 379 g/mol. The lowest BCUT2D eigenvalue weighted by Gasteiger charge is -2.19. The highest BCUT2D eigenvalue weighted by atomic mass is 35.5. The van der Waals surface area contributed by atoms with Crippen molar-refractivity contribution >= 4 is 42.3 Å². The molecular weight excluding hydrogens is 351 g/mol. The fourth-order valence-electron chi connectivity index (χ4n) is 1.83. The van der Waals surface area contributed by atoms with Crippen molar-refractivity contribution in [2.45, 2.75) is 19.9 Å². The highest BCUT2D eigenvalue weighted by Crippen LogP contribution is 2.09. The van der Waals surface area contributed by atoms with Crippen LogP contribution in [0.1, 0.15) is 13.8 Å². The lowest BCUT2D eigenvalue weighted by Crippen LogP contribution is -2.47. The van der Waals surface area contributed by atoms with E-state index < -0.39 is 6.04 Å². The number of carbonyl (C=O) groups is 2. The van der Waals surface area contributed by atoms with Gasteiger partial charge >= 0.3 is 0 Å². The van der Waals surface area contributed by atoms with E-state index in [4.69, 9.17) is 5.73 Å². The molecule has 0 fully saturated rings. The molecule has 1 aromatic rings. The minimum atomic E-state index is -0.586. The monoisotopic (exact) mass is 378 g/mol. The van der Waals surface area contributed by atoms with Gasteiger partial charge < -0.3 is 21.3 Å². The first-order chi connectivity index (χ1) is 10.4. The van der Waals surface area contributed by atoms with Crippen molar-refractivity contribution < 1.29 is 9.59 Å². The molecule has 0 saturated heterocycles. The Kier molecular flexibility index (Phi) is 13.3. The summed E-state index contributed by atoms with van der Waals surface area (Å²) in [4.78, 5) is 25.4. The van der Waals surface area contributed by atoms with Crippen LogP contribution in [0.15, 0.2) is 30.3 Å². The average Bonchev–Trinajstić information content (AvgIpc) is 2.52. The number of nitrogens with one attached hydrogen (secondary N) is 2. The standard InChI is InChI=1S/C16H26N4O2.2ClH/c1-12(2)15(17)16(22)19-11-14(21)18-9-10-20(3)13-7-5-4-6-8-13;;/h4-8,12,15H,9-11,17H2,1-3H3,(H,18,21)(H,19,22);2*1H/t15-;;/m0../s1. The quantitative estimate of drug-likeness (QED) is 0.633. The summed E-state index contributed by atoms with van der Waals surface area (Å²) in [5, 5.41) is 5.31. The van der Waals surface area contributed by atoms with E-state index in [1.54, 1.807) is 0 Å². The second-order valence-electron chi connectivity index (χ2n) is 5.59. The zero-order valence-corrected chi connectivity index (χ0v) is 16.0. The molecule has 0 aliphatic rings. The van der Waals surface area contributed by atoms with Gasteiger partial charge in [-0.2, -0.15) is 0 Å². The number of carbonyl (C=O) groups excluding carboxylic acids is 2. The van der Waals surface area contributed by atoms with Crippen molar-refractivity contribution in [1.29, 1.82) is 0 Å². The van der Waals surface area contributed by atoms with E-state index in [0.29, 0.717) is 13.1 Å². The lowest BCUT2D eigenvalue weighted by molar-refractivity contribution is -0.127. The van der Waals surface area contributed by atoms with Gasteiger partial charge in [-0.15, -0.1) is 24.8 Å². The second kappa shape index (κ2) is 12.9. The lowest BCUT2D eigenvalue weighted by atomic mass is 10.1. The molecule has 2 amide bonds. The highest BCUT2D eigenvalue weighted by molar-refractivity contribution is 5.87. The Bertz CT molecular complexity index is 486. The van der Waals surface area contributed by atoms with Gasteiger partial charge in [-0.05, 0) is 18.1 Å². The van der Waals surface area contributed by atoms with Gasteiger partial charge in [-0.1, -0.05) is 32.0 Å². The Morgan fingerprint density at radius 3 is 2.25 bits per heavy atom. The van der Waals surface area contributed by atoms with Crippen LogP contribution in [-0.4, -0.2) is 44.5 Å². The molecule has 24 heavy (non-hydrogen) atoms. The van der Waals surface area contributed by atoms with E-state index in [0.717, 1.165) is 5.69 Å². The van der Waals surface area contributed by atoms with Gasteiger partial charge in [0.1, 0.15) is 0 Å². The number of hydrogen-bond acceptors (Lipinski definition) is 4. The summed E-state index contributed by atoms with van der Waals surface area (Å²) in [5.41, 5.74) is 6.79. The van der Waals surface area contributed by atoms with Crippen molar-refractivity contribution in [3.05, 3.63) is 30.3 Å². The first kappa shape index (κ1) is 24.7. The summed E-state index contributed by atoms with van der Waals surface area (Å²) in [6.45, 7) is 4.88. The Balaban J connectivity index is 0. The molecule has 138 valence electrons. The molecule has 0 unspecified atom stereocenters. The number of amides is 2. The van der Waals surface area contributed by atoms with Crippen LogP contribution in [0.4, 0.5) is 5.69 Å². The van der Waals surface area contributed by atoms with Gasteiger partial charge in [-0.25, -0.2) is 0 Å². The maximum Gasteiger partial charge on any atom is 0.239 e. The smallest absolute Gasteiger partial charge is 0.239 e. The van der Waals surface area contributed by atoms with Gasteiger partial charge in [0, 0.05) is 25.8 Å². The van der Waals surface area contributed by atoms with Gasteiger partial charge in [0.05, 0.1) is 12.6 Å². The molecule has 4 N–H and O–H groups in total. The number of nitrogens with two attached hydrogens (primary N) is 1. The topological polar surface area (TPSA) is 87.5 Å². The zero-order chi connectivity index (χ0) is 16.5. The summed E-state index contributed by atoms with van der Waals surface area (Å²) in [5.74, 6) is -0.472. The van der Waals surface area contributed by atoms with E-state index in [1.807, 2.05) is 56.1 Å². The number of hydrogen-bond donors (Lipinski definition) is 3. The molecule has 1 atom stereocenters. The van der Waals surface area contributed by atoms with Crippen molar-refractivity contribution in [2.24, 2.45) is 11.7 Å². The van der Waals surface area contributed by atoms with Crippen LogP contribution >= 0.6 is 24.8 Å². The first-order valence-electron chi connectivity index (χ1n) is 7.48. The number of anilines is 1. The summed E-state index contributed by atoms with van der Waals surface area (Å²) in [7, 11) is 1.96. The second-order valence-corrected chi connectivity index (χ2v) is 5.59. The third kappa shape index (κ3) is 8.96. The number of benzene rings is 1. The minimum Gasteiger partial charge on any atom is -0.373 e. The van der Waals surface area contributed by atoms with E-state index in [1.165, 1.54) is 0 Å². The van der Waals surface area contributed by atoms with Crippen LogP contribution in [0.3, 0.4) is 0 Å². The van der Waals surface area contributed by atoms with E-state index in [2.05, 4.69) is 10.6 Å². The fourth-order valence-corrected chi connectivity index (χ4v) is 1.83. The number of rotatable bonds is 8. The molecule has 0 aliphatic heterocycles. The van der Waals surface area contributed by atoms with E-state index in [-0.39, 0.29) is 49.1 Å². The number of para-hydroxylation sites is 1. The molecule has 8 heteroatoms. The predicted octanol–water partition coefficient (Wildman–Crippen LogP) is 1.18. The normalized spacial score (nSPS) is 10.9. The fraction of sp³-hybridized carbons (Fsp3) is 0.500. The highest BCUT2D eigenvalue weighted by Gasteiger charge is 2.17. The zero-order valence-electron chi connectivity index (χ0n) is 14.3. The maximum absolute atomic E-state index is 11.7. The molecule has 1 rings (SSSR count). The molecule has 0 radical (unpaired) electrons. The summed E-state index contributed by atoms with van der Waals surface area (Å²) < 4.78 is 0. The molecule has 0 aliphatic carbocycles. The Morgan fingerprint density at radius 1 is 1.12 bits per heavy atom. The van der Waals surface area contributed by atoms with Gasteiger partial charge in [0.2, 0.25) is 11.8 Å². The van der Waals surface area contributed by atoms with Crippen LogP contribution in [0.5, 0.6) is 0 Å². The minimum absolute atomic E-state index is 0. The van der Waals surface area contributed by atoms with Gasteiger partial charge in [0.25, 0.3) is 0 Å². The molecule has 0 bridgehead atoms. The van der Waals surface area contributed by atoms with Crippen LogP contribution < -0.4 is 21.3 Å². The third-order valence-electron chi connectivity index (χ3n) is 3.41. The van der Waals surface area contributed by atoms with Crippen molar-refractivity contribution in [2.75, 3.05) is 31.6 Å². The van der Waals surface area contributed by atoms with Crippen LogP contribution in [-0.2, 0) is 9.59 Å². The van der Waals surface area contributed by atoms with E-state index >= 15 is 0 Å². The van der Waals surface area contributed by atoms with Crippen molar-refractivity contribution in [1.82, 2.24) is 10.6 Å². The predicted molar refractivity (Wildman–Crippen MR) is 103 cm³/mol. The molecule has 1 aromatic carbocycles. The van der Waals surface area contributed by atoms with Crippen LogP contribution in [0.25, 0.3) is 0 Å². The Labute approximate surface area is 156 Å². The Hall–Kier alpha value is -1.50. The summed E-state index contributed by atoms with van der Waals surface area (Å²) in [6.07, 6.45) is 0. The maximum atomic E-state index is 11.7. The van der Waals surface area contributed by atoms with Crippen molar-refractivity contribution in [3.8, 4) is 0 Å². The van der Waals surface area contributed by atoms with E-state index in [9.17, 15) is 9.59 Å². The molecule has 0 aromatic heterocycles. The van der Waals surface area contributed by atoms with Gasteiger partial charge in [-0.3, -0.25) is 9.59 Å². The largest absolute Gasteiger partial charge is 0.373 e. The van der Waals surface area contributed by atoms with Crippen molar-refractivity contribution in [3.63, 3.8) is 0 Å². The molecule has 6 nitrogen and oxygen atoms in total. The SMILES string of the molecule is CC(C)[C@H](N)C(=O)NCC(=O)NCCN(C)c1ccccc1.Cl.Cl. The first-order valence-corrected chi connectivity index (χ1v) is 7.48.